The SMILES string of the molecule is CCN(C)S(=O)(=O)Nc1ccc(F)c(Oc2ccc3ncn(-c4cnn(C5CCN(C(=O)CN6CCC(c7ccc(C8CCC(=O)NC8=O)cc7F)CC6)CC5)c4)c(=O)c3c2)c1C#N. The number of carbonyl (C=O) groups excluding carboxylic acids is 3. The summed E-state index contributed by atoms with van der Waals surface area (Å²) in [6.07, 6.45) is 7.93. The van der Waals surface area contributed by atoms with Crippen LogP contribution < -0.4 is 20.3 Å². The zero-order valence-corrected chi connectivity index (χ0v) is 36.0. The number of nitrogens with zero attached hydrogens (tertiary/aromatic N) is 8. The van der Waals surface area contributed by atoms with Crippen LogP contribution in [0.4, 0.5) is 14.5 Å². The molecule has 5 aromatic rings. The van der Waals surface area contributed by atoms with Crippen molar-refractivity contribution in [1.82, 2.24) is 38.8 Å². The highest BCUT2D eigenvalue weighted by atomic mass is 32.2. The number of aromatic nitrogens is 4. The molecule has 5 heterocycles. The van der Waals surface area contributed by atoms with Gasteiger partial charge in [0.15, 0.2) is 11.6 Å². The van der Waals surface area contributed by atoms with Crippen LogP contribution in [0.15, 0.2) is 72.0 Å². The van der Waals surface area contributed by atoms with E-state index in [-0.39, 0.29) is 71.5 Å². The highest BCUT2D eigenvalue weighted by molar-refractivity contribution is 7.90. The minimum absolute atomic E-state index is 0.00467. The standard InChI is InChI=1S/C44H46F2N10O7S/c1-3-52(2)64(61,62)51-39-10-8-36(45)42(35(39)22-47)63-31-5-9-38-34(21-31)44(60)55(26-48-38)30-23-49-56(24-30)29-14-18-54(19-15-29)41(58)25-53-16-12-27(13-17-53)32-6-4-28(20-37(32)46)33-7-11-40(57)50-43(33)59/h4-6,8-10,20-21,23-24,26-27,29,33,51H,3,7,11-19,25H2,1-2H3,(H,50,57,59). The highest BCUT2D eigenvalue weighted by Gasteiger charge is 2.31. The van der Waals surface area contributed by atoms with Crippen LogP contribution in [-0.4, -0.2) is 106 Å². The summed E-state index contributed by atoms with van der Waals surface area (Å²) in [7, 11) is -2.69. The van der Waals surface area contributed by atoms with Gasteiger partial charge in [-0.1, -0.05) is 19.1 Å². The normalized spacial score (nSPS) is 18.0. The Morgan fingerprint density at radius 2 is 1.77 bits per heavy atom. The van der Waals surface area contributed by atoms with Crippen molar-refractivity contribution in [2.75, 3.05) is 51.0 Å². The van der Waals surface area contributed by atoms with Crippen LogP contribution in [0, 0.1) is 23.0 Å². The van der Waals surface area contributed by atoms with Crippen molar-refractivity contribution in [3.8, 4) is 23.3 Å². The van der Waals surface area contributed by atoms with E-state index in [4.69, 9.17) is 4.74 Å². The first kappa shape index (κ1) is 44.1. The molecule has 0 aliphatic carbocycles. The van der Waals surface area contributed by atoms with Gasteiger partial charge in [0, 0.05) is 39.3 Å². The first-order chi connectivity index (χ1) is 30.7. The summed E-state index contributed by atoms with van der Waals surface area (Å²) in [5, 5.41) is 16.9. The number of imide groups is 1. The molecule has 20 heteroatoms. The fourth-order valence-electron chi connectivity index (χ4n) is 8.53. The summed E-state index contributed by atoms with van der Waals surface area (Å²) in [6.45, 7) is 4.39. The minimum Gasteiger partial charge on any atom is -0.453 e. The molecule has 3 aliphatic rings. The smallest absolute Gasteiger partial charge is 0.301 e. The van der Waals surface area contributed by atoms with Gasteiger partial charge >= 0.3 is 10.2 Å². The number of nitriles is 1. The van der Waals surface area contributed by atoms with E-state index in [0.717, 1.165) is 16.4 Å². The molecule has 1 unspecified atom stereocenters. The van der Waals surface area contributed by atoms with Gasteiger partial charge in [-0.25, -0.2) is 13.8 Å². The number of fused-ring (bicyclic) bond motifs is 1. The Kier molecular flexibility index (Phi) is 12.6. The monoisotopic (exact) mass is 896 g/mol. The van der Waals surface area contributed by atoms with Crippen LogP contribution in [0.25, 0.3) is 16.6 Å². The minimum atomic E-state index is -4.04. The van der Waals surface area contributed by atoms with Crippen molar-refractivity contribution in [3.05, 3.63) is 106 Å². The van der Waals surface area contributed by atoms with E-state index in [2.05, 4.69) is 25.0 Å². The number of nitrogens with one attached hydrogen (secondary N) is 2. The molecule has 2 N–H and O–H groups in total. The largest absolute Gasteiger partial charge is 0.453 e. The molecule has 1 atom stereocenters. The average molecular weight is 897 g/mol. The Labute approximate surface area is 367 Å². The van der Waals surface area contributed by atoms with E-state index in [0.29, 0.717) is 80.6 Å². The molecule has 3 saturated heterocycles. The van der Waals surface area contributed by atoms with Crippen LogP contribution in [0.5, 0.6) is 11.5 Å². The van der Waals surface area contributed by atoms with Gasteiger partial charge in [0.1, 0.15) is 29.5 Å². The summed E-state index contributed by atoms with van der Waals surface area (Å²) >= 11 is 0. The third-order valence-electron chi connectivity index (χ3n) is 12.4. The zero-order chi connectivity index (χ0) is 45.3. The molecule has 3 fully saturated rings. The van der Waals surface area contributed by atoms with Gasteiger partial charge in [0.25, 0.3) is 5.56 Å². The summed E-state index contributed by atoms with van der Waals surface area (Å²) in [5.74, 6) is -3.01. The predicted octanol–water partition coefficient (Wildman–Crippen LogP) is 4.70. The molecule has 17 nitrogen and oxygen atoms in total. The second-order valence-electron chi connectivity index (χ2n) is 16.3. The molecule has 0 spiro atoms. The molecule has 2 aromatic heterocycles. The first-order valence-electron chi connectivity index (χ1n) is 21.1. The molecule has 0 saturated carbocycles. The third-order valence-corrected chi connectivity index (χ3v) is 13.9. The average Bonchev–Trinajstić information content (AvgIpc) is 3.78. The number of rotatable bonds is 12. The van der Waals surface area contributed by atoms with Gasteiger partial charge in [0.2, 0.25) is 17.7 Å². The van der Waals surface area contributed by atoms with E-state index in [1.807, 2.05) is 11.0 Å². The number of halogens is 2. The highest BCUT2D eigenvalue weighted by Crippen LogP contribution is 2.36. The molecule has 334 valence electrons. The molecule has 0 radical (unpaired) electrons. The third kappa shape index (κ3) is 9.09. The van der Waals surface area contributed by atoms with Crippen molar-refractivity contribution < 1.29 is 36.3 Å². The van der Waals surface area contributed by atoms with Crippen LogP contribution in [-0.2, 0) is 24.6 Å². The van der Waals surface area contributed by atoms with Crippen molar-refractivity contribution >= 4 is 44.5 Å². The summed E-state index contributed by atoms with van der Waals surface area (Å²) in [4.78, 5) is 59.4. The lowest BCUT2D eigenvalue weighted by Crippen LogP contribution is -2.46. The topological polar surface area (TPSA) is 205 Å². The van der Waals surface area contributed by atoms with Gasteiger partial charge in [0.05, 0.1) is 47.0 Å². The van der Waals surface area contributed by atoms with Crippen molar-refractivity contribution in [3.63, 3.8) is 0 Å². The number of ether oxygens (including phenoxy) is 1. The van der Waals surface area contributed by atoms with Crippen LogP contribution >= 0.6 is 0 Å². The number of hydrogen-bond donors (Lipinski definition) is 2. The van der Waals surface area contributed by atoms with Gasteiger partial charge in [-0.3, -0.25) is 43.4 Å². The lowest BCUT2D eigenvalue weighted by Gasteiger charge is -2.36. The number of carbonyl (C=O) groups is 3. The molecule has 8 rings (SSSR count). The Hall–Kier alpha value is -6.56. The number of benzene rings is 3. The molecule has 3 aliphatic heterocycles. The second kappa shape index (κ2) is 18.3. The maximum absolute atomic E-state index is 15.3. The van der Waals surface area contributed by atoms with E-state index in [1.165, 1.54) is 42.2 Å². The molecule has 3 aromatic carbocycles. The van der Waals surface area contributed by atoms with Gasteiger partial charge < -0.3 is 9.64 Å². The predicted molar refractivity (Wildman–Crippen MR) is 230 cm³/mol. The number of piperidine rings is 3. The van der Waals surface area contributed by atoms with Gasteiger partial charge in [-0.05, 0) is 98.6 Å². The number of likely N-dealkylation sites (tertiary alicyclic amines) is 2. The van der Waals surface area contributed by atoms with E-state index in [9.17, 15) is 32.9 Å². The second-order valence-corrected chi connectivity index (χ2v) is 18.0. The zero-order valence-electron chi connectivity index (χ0n) is 35.2. The Morgan fingerprint density at radius 1 is 1.00 bits per heavy atom. The summed E-state index contributed by atoms with van der Waals surface area (Å²) in [5.41, 5.74) is 0.928. The lowest BCUT2D eigenvalue weighted by atomic mass is 9.85. The van der Waals surface area contributed by atoms with E-state index >= 15 is 8.78 Å². The maximum Gasteiger partial charge on any atom is 0.301 e. The fourth-order valence-corrected chi connectivity index (χ4v) is 9.48. The number of anilines is 1. The molecule has 0 bridgehead atoms. The molecular weight excluding hydrogens is 851 g/mol. The van der Waals surface area contributed by atoms with E-state index in [1.54, 1.807) is 36.1 Å². The molecular formula is C44H46F2N10O7S. The fraction of sp³-hybridized carbons (Fsp3) is 0.386. The maximum atomic E-state index is 15.3. The Morgan fingerprint density at radius 3 is 2.47 bits per heavy atom. The number of hydrogen-bond acceptors (Lipinski definition) is 11. The van der Waals surface area contributed by atoms with Crippen molar-refractivity contribution in [1.29, 1.82) is 5.26 Å². The summed E-state index contributed by atoms with van der Waals surface area (Å²) in [6, 6.07) is 13.2. The Balaban J connectivity index is 0.864. The van der Waals surface area contributed by atoms with Crippen LogP contribution in [0.3, 0.4) is 0 Å². The Bertz CT molecular complexity index is 2850. The van der Waals surface area contributed by atoms with Crippen LogP contribution in [0.2, 0.25) is 0 Å². The summed E-state index contributed by atoms with van der Waals surface area (Å²) < 4.78 is 67.9. The van der Waals surface area contributed by atoms with Gasteiger partial charge in [-0.2, -0.15) is 23.1 Å². The van der Waals surface area contributed by atoms with Crippen molar-refractivity contribution in [2.45, 2.75) is 63.3 Å². The lowest BCUT2D eigenvalue weighted by molar-refractivity contribution is -0.135. The van der Waals surface area contributed by atoms with Crippen LogP contribution in [0.1, 0.15) is 80.0 Å². The quantitative estimate of drug-likeness (QED) is 0.164. The van der Waals surface area contributed by atoms with Gasteiger partial charge in [-0.15, -0.1) is 0 Å². The van der Waals surface area contributed by atoms with E-state index < -0.39 is 39.2 Å². The molecule has 64 heavy (non-hydrogen) atoms. The molecule has 3 amide bonds. The first-order valence-corrected chi connectivity index (χ1v) is 22.5. The van der Waals surface area contributed by atoms with Crippen molar-refractivity contribution in [2.24, 2.45) is 0 Å². The number of amides is 3.